The predicted molar refractivity (Wildman–Crippen MR) is 90.1 cm³/mol. The van der Waals surface area contributed by atoms with E-state index in [1.54, 1.807) is 0 Å². The number of rotatable bonds is 10. The number of hydrogen-bond acceptors (Lipinski definition) is 2. The van der Waals surface area contributed by atoms with Crippen LogP contribution in [0.1, 0.15) is 64.0 Å². The summed E-state index contributed by atoms with van der Waals surface area (Å²) in [5.41, 5.74) is 1.03. The maximum absolute atomic E-state index is 10.9. The van der Waals surface area contributed by atoms with Crippen molar-refractivity contribution in [3.63, 3.8) is 0 Å². The van der Waals surface area contributed by atoms with Gasteiger partial charge in [0, 0.05) is 6.42 Å². The Morgan fingerprint density at radius 3 is 2.64 bits per heavy atom. The maximum Gasteiger partial charge on any atom is 0.311 e. The van der Waals surface area contributed by atoms with Gasteiger partial charge in [-0.05, 0) is 49.1 Å². The van der Waals surface area contributed by atoms with Gasteiger partial charge in [-0.3, -0.25) is 4.79 Å². The van der Waals surface area contributed by atoms with E-state index >= 15 is 0 Å². The van der Waals surface area contributed by atoms with Crippen LogP contribution in [-0.4, -0.2) is 11.1 Å². The second-order valence-corrected chi connectivity index (χ2v) is 6.13. The first-order chi connectivity index (χ1) is 10.5. The Morgan fingerprint density at radius 1 is 1.36 bits per heavy atom. The van der Waals surface area contributed by atoms with E-state index in [0.29, 0.717) is 17.6 Å². The van der Waals surface area contributed by atoms with E-state index in [4.69, 9.17) is 9.52 Å². The summed E-state index contributed by atoms with van der Waals surface area (Å²) >= 11 is 0. The van der Waals surface area contributed by atoms with Gasteiger partial charge in [-0.2, -0.15) is 0 Å². The lowest BCUT2D eigenvalue weighted by atomic mass is 9.90. The van der Waals surface area contributed by atoms with Crippen molar-refractivity contribution in [2.75, 3.05) is 0 Å². The van der Waals surface area contributed by atoms with E-state index in [-0.39, 0.29) is 6.42 Å². The lowest BCUT2D eigenvalue weighted by Gasteiger charge is -2.15. The van der Waals surface area contributed by atoms with Crippen LogP contribution >= 0.6 is 0 Å². The molecule has 0 aliphatic carbocycles. The minimum absolute atomic E-state index is 0.0195. The van der Waals surface area contributed by atoms with Gasteiger partial charge in [0.25, 0.3) is 0 Å². The summed E-state index contributed by atoms with van der Waals surface area (Å²) < 4.78 is 5.78. The number of aryl methyl sites for hydroxylation is 1. The van der Waals surface area contributed by atoms with Crippen molar-refractivity contribution in [3.05, 3.63) is 35.3 Å². The molecule has 0 aromatic carbocycles. The molecule has 0 bridgehead atoms. The Balaban J connectivity index is 2.67. The SMILES string of the molecule is CCC=C[C@H](CC)C[C@H](C)Cc1cc(CC)c(CC(=O)O)o1. The molecular weight excluding hydrogens is 276 g/mol. The number of carboxylic acids is 1. The fraction of sp³-hybridized carbons (Fsp3) is 0.632. The lowest BCUT2D eigenvalue weighted by Crippen LogP contribution is -2.06. The molecule has 0 saturated carbocycles. The molecule has 0 amide bonds. The first-order valence-corrected chi connectivity index (χ1v) is 8.48. The van der Waals surface area contributed by atoms with Gasteiger partial charge in [0.15, 0.2) is 0 Å². The van der Waals surface area contributed by atoms with Gasteiger partial charge in [0.2, 0.25) is 0 Å². The highest BCUT2D eigenvalue weighted by molar-refractivity contribution is 5.69. The standard InChI is InChI=1S/C19H30O3/c1-5-8-9-15(6-2)10-14(4)11-17-12-16(7-3)18(22-17)13-19(20)21/h8-9,12,14-15H,5-7,10-11,13H2,1-4H3,(H,20,21)/t14-,15-/m0/s1. The van der Waals surface area contributed by atoms with Crippen LogP contribution < -0.4 is 0 Å². The quantitative estimate of drug-likeness (QED) is 0.617. The third kappa shape index (κ3) is 6.08. The molecule has 2 atom stereocenters. The minimum Gasteiger partial charge on any atom is -0.481 e. The zero-order valence-corrected chi connectivity index (χ0v) is 14.4. The first-order valence-electron chi connectivity index (χ1n) is 8.48. The van der Waals surface area contributed by atoms with Crippen LogP contribution in [0.5, 0.6) is 0 Å². The summed E-state index contributed by atoms with van der Waals surface area (Å²) in [5, 5.41) is 8.94. The molecule has 0 aliphatic rings. The molecule has 22 heavy (non-hydrogen) atoms. The molecular formula is C19H30O3. The highest BCUT2D eigenvalue weighted by Gasteiger charge is 2.16. The summed E-state index contributed by atoms with van der Waals surface area (Å²) in [5.74, 6) is 1.86. The third-order valence-electron chi connectivity index (χ3n) is 4.06. The van der Waals surface area contributed by atoms with Crippen molar-refractivity contribution in [1.82, 2.24) is 0 Å². The molecule has 0 spiro atoms. The molecule has 0 aliphatic heterocycles. The number of aliphatic carboxylic acids is 1. The van der Waals surface area contributed by atoms with Gasteiger partial charge in [0.1, 0.15) is 17.9 Å². The minimum atomic E-state index is -0.834. The third-order valence-corrected chi connectivity index (χ3v) is 4.06. The largest absolute Gasteiger partial charge is 0.481 e. The fourth-order valence-corrected chi connectivity index (χ4v) is 2.87. The average molecular weight is 306 g/mol. The normalized spacial score (nSPS) is 14.4. The van der Waals surface area contributed by atoms with Crippen molar-refractivity contribution >= 4 is 5.97 Å². The molecule has 3 nitrogen and oxygen atoms in total. The second kappa shape index (κ2) is 9.50. The van der Waals surface area contributed by atoms with Crippen LogP contribution in [0.4, 0.5) is 0 Å². The number of hydrogen-bond donors (Lipinski definition) is 1. The molecule has 3 heteroatoms. The summed E-state index contributed by atoms with van der Waals surface area (Å²) in [6, 6.07) is 2.04. The van der Waals surface area contributed by atoms with Gasteiger partial charge in [-0.1, -0.05) is 39.8 Å². The van der Waals surface area contributed by atoms with Crippen LogP contribution in [0.15, 0.2) is 22.6 Å². The van der Waals surface area contributed by atoms with Crippen molar-refractivity contribution < 1.29 is 14.3 Å². The summed E-state index contributed by atoms with van der Waals surface area (Å²) in [7, 11) is 0. The number of allylic oxidation sites excluding steroid dienone is 2. The molecule has 0 radical (unpaired) electrons. The van der Waals surface area contributed by atoms with E-state index in [0.717, 1.165) is 43.4 Å². The topological polar surface area (TPSA) is 50.4 Å². The van der Waals surface area contributed by atoms with Crippen LogP contribution in [0.2, 0.25) is 0 Å². The maximum atomic E-state index is 10.9. The van der Waals surface area contributed by atoms with Crippen LogP contribution in [0.3, 0.4) is 0 Å². The Hall–Kier alpha value is -1.51. The van der Waals surface area contributed by atoms with Crippen molar-refractivity contribution in [1.29, 1.82) is 0 Å². The number of furan rings is 1. The fourth-order valence-electron chi connectivity index (χ4n) is 2.87. The summed E-state index contributed by atoms with van der Waals surface area (Å²) in [6.07, 6.45) is 9.63. The predicted octanol–water partition coefficient (Wildman–Crippen LogP) is 5.03. The van der Waals surface area contributed by atoms with E-state index in [2.05, 4.69) is 32.9 Å². The molecule has 0 unspecified atom stereocenters. The molecule has 1 aromatic rings. The van der Waals surface area contributed by atoms with Crippen LogP contribution in [0, 0.1) is 11.8 Å². The Morgan fingerprint density at radius 2 is 2.09 bits per heavy atom. The van der Waals surface area contributed by atoms with Crippen LogP contribution in [-0.2, 0) is 24.1 Å². The molecule has 1 heterocycles. The van der Waals surface area contributed by atoms with Gasteiger partial charge in [-0.15, -0.1) is 0 Å². The Bertz CT molecular complexity index is 485. The molecule has 1 aromatic heterocycles. The zero-order valence-electron chi connectivity index (χ0n) is 14.4. The highest BCUT2D eigenvalue weighted by Crippen LogP contribution is 2.24. The number of carbonyl (C=O) groups is 1. The lowest BCUT2D eigenvalue weighted by molar-refractivity contribution is -0.136. The Labute approximate surface area is 134 Å². The first kappa shape index (κ1) is 18.5. The molecule has 0 fully saturated rings. The molecule has 1 N–H and O–H groups in total. The van der Waals surface area contributed by atoms with Crippen molar-refractivity contribution in [2.24, 2.45) is 11.8 Å². The smallest absolute Gasteiger partial charge is 0.311 e. The summed E-state index contributed by atoms with van der Waals surface area (Å²) in [4.78, 5) is 10.9. The van der Waals surface area contributed by atoms with Crippen molar-refractivity contribution in [3.8, 4) is 0 Å². The van der Waals surface area contributed by atoms with Crippen LogP contribution in [0.25, 0.3) is 0 Å². The highest BCUT2D eigenvalue weighted by atomic mass is 16.4. The van der Waals surface area contributed by atoms with E-state index in [9.17, 15) is 4.79 Å². The molecule has 1 rings (SSSR count). The second-order valence-electron chi connectivity index (χ2n) is 6.13. The average Bonchev–Trinajstić information content (AvgIpc) is 2.83. The van der Waals surface area contributed by atoms with Gasteiger partial charge < -0.3 is 9.52 Å². The van der Waals surface area contributed by atoms with Gasteiger partial charge in [0.05, 0.1) is 0 Å². The van der Waals surface area contributed by atoms with Gasteiger partial charge in [-0.25, -0.2) is 0 Å². The Kier molecular flexibility index (Phi) is 8.00. The van der Waals surface area contributed by atoms with E-state index in [1.165, 1.54) is 0 Å². The van der Waals surface area contributed by atoms with Crippen molar-refractivity contribution in [2.45, 2.75) is 66.2 Å². The monoisotopic (exact) mass is 306 g/mol. The van der Waals surface area contributed by atoms with E-state index < -0.39 is 5.97 Å². The van der Waals surface area contributed by atoms with Gasteiger partial charge >= 0.3 is 5.97 Å². The zero-order chi connectivity index (χ0) is 16.5. The van der Waals surface area contributed by atoms with E-state index in [1.807, 2.05) is 13.0 Å². The number of carboxylic acid groups (broad SMARTS) is 1. The molecule has 0 saturated heterocycles. The summed E-state index contributed by atoms with van der Waals surface area (Å²) in [6.45, 7) is 8.66. The molecule has 124 valence electrons.